The molecule has 1 aromatic rings. The lowest BCUT2D eigenvalue weighted by atomic mass is 10.1. The Labute approximate surface area is 133 Å². The molecule has 0 unspecified atom stereocenters. The Morgan fingerprint density at radius 2 is 1.96 bits per heavy atom. The van der Waals surface area contributed by atoms with Crippen molar-refractivity contribution in [3.8, 4) is 0 Å². The Morgan fingerprint density at radius 1 is 1.35 bits per heavy atom. The first kappa shape index (κ1) is 17.9. The SMILES string of the molecule is Cc1ccnc(N2CCC(N(CC(F)(F)F)S(C)(=O)=O)CC2)n1. The second-order valence-corrected chi connectivity index (χ2v) is 7.57. The lowest BCUT2D eigenvalue weighted by molar-refractivity contribution is -0.139. The van der Waals surface area contributed by atoms with E-state index in [1.165, 1.54) is 0 Å². The number of anilines is 1. The van der Waals surface area contributed by atoms with Crippen LogP contribution in [0, 0.1) is 6.92 Å². The molecule has 0 bridgehead atoms. The van der Waals surface area contributed by atoms with Crippen LogP contribution in [0.2, 0.25) is 0 Å². The molecule has 2 rings (SSSR count). The topological polar surface area (TPSA) is 66.4 Å². The summed E-state index contributed by atoms with van der Waals surface area (Å²) in [4.78, 5) is 10.3. The highest BCUT2D eigenvalue weighted by molar-refractivity contribution is 7.88. The number of aryl methyl sites for hydroxylation is 1. The number of halogens is 3. The molecule has 2 heterocycles. The van der Waals surface area contributed by atoms with Gasteiger partial charge < -0.3 is 4.90 Å². The predicted octanol–water partition coefficient (Wildman–Crippen LogP) is 1.58. The van der Waals surface area contributed by atoms with E-state index in [9.17, 15) is 21.6 Å². The number of nitrogens with zero attached hydrogens (tertiary/aromatic N) is 4. The molecule has 0 amide bonds. The fraction of sp³-hybridized carbons (Fsp3) is 0.692. The maximum Gasteiger partial charge on any atom is 0.402 e. The van der Waals surface area contributed by atoms with Crippen molar-refractivity contribution in [1.82, 2.24) is 14.3 Å². The molecular weight excluding hydrogens is 333 g/mol. The highest BCUT2D eigenvalue weighted by Crippen LogP contribution is 2.26. The minimum atomic E-state index is -4.56. The zero-order valence-electron chi connectivity index (χ0n) is 12.9. The van der Waals surface area contributed by atoms with E-state index in [1.807, 2.05) is 11.8 Å². The number of alkyl halides is 3. The van der Waals surface area contributed by atoms with Crippen molar-refractivity contribution in [2.75, 3.05) is 30.8 Å². The number of rotatable bonds is 4. The molecule has 1 aliphatic heterocycles. The van der Waals surface area contributed by atoms with Crippen LogP contribution in [-0.2, 0) is 10.0 Å². The number of sulfonamides is 1. The third-order valence-corrected chi connectivity index (χ3v) is 4.98. The normalized spacial score (nSPS) is 17.7. The van der Waals surface area contributed by atoms with Crippen molar-refractivity contribution in [2.24, 2.45) is 0 Å². The minimum absolute atomic E-state index is 0.306. The molecular formula is C13H19F3N4O2S. The summed E-state index contributed by atoms with van der Waals surface area (Å²) in [6.45, 7) is 1.21. The molecule has 1 aliphatic rings. The van der Waals surface area contributed by atoms with Crippen LogP contribution in [0.3, 0.4) is 0 Å². The summed E-state index contributed by atoms with van der Waals surface area (Å²) in [5.41, 5.74) is 0.798. The molecule has 0 N–H and O–H groups in total. The van der Waals surface area contributed by atoms with Crippen LogP contribution in [0.5, 0.6) is 0 Å². The summed E-state index contributed by atoms with van der Waals surface area (Å²) in [5, 5.41) is 0. The molecule has 1 fully saturated rings. The van der Waals surface area contributed by atoms with Crippen molar-refractivity contribution in [3.63, 3.8) is 0 Å². The van der Waals surface area contributed by atoms with E-state index >= 15 is 0 Å². The van der Waals surface area contributed by atoms with Crippen LogP contribution in [0.4, 0.5) is 19.1 Å². The van der Waals surface area contributed by atoms with Crippen LogP contribution in [0.25, 0.3) is 0 Å². The van der Waals surface area contributed by atoms with E-state index < -0.39 is 28.8 Å². The fourth-order valence-corrected chi connectivity index (χ4v) is 3.77. The van der Waals surface area contributed by atoms with Gasteiger partial charge in [0.15, 0.2) is 0 Å². The maximum atomic E-state index is 12.6. The van der Waals surface area contributed by atoms with E-state index in [1.54, 1.807) is 12.3 Å². The van der Waals surface area contributed by atoms with E-state index in [0.29, 0.717) is 36.2 Å². The zero-order chi connectivity index (χ0) is 17.3. The maximum absolute atomic E-state index is 12.6. The first-order chi connectivity index (χ1) is 10.6. The van der Waals surface area contributed by atoms with Crippen molar-refractivity contribution in [3.05, 3.63) is 18.0 Å². The van der Waals surface area contributed by atoms with Gasteiger partial charge in [-0.15, -0.1) is 0 Å². The highest BCUT2D eigenvalue weighted by Gasteiger charge is 2.39. The molecule has 1 saturated heterocycles. The van der Waals surface area contributed by atoms with Crippen LogP contribution in [0.15, 0.2) is 12.3 Å². The number of hydrogen-bond donors (Lipinski definition) is 0. The molecule has 0 radical (unpaired) electrons. The van der Waals surface area contributed by atoms with E-state index in [2.05, 4.69) is 9.97 Å². The Bertz CT molecular complexity index is 643. The summed E-state index contributed by atoms with van der Waals surface area (Å²) >= 11 is 0. The quantitative estimate of drug-likeness (QED) is 0.823. The zero-order valence-corrected chi connectivity index (χ0v) is 13.7. The summed E-state index contributed by atoms with van der Waals surface area (Å²) in [6.07, 6.45) is -1.51. The number of aromatic nitrogens is 2. The standard InChI is InChI=1S/C13H19F3N4O2S/c1-10-3-6-17-12(18-10)19-7-4-11(5-8-19)20(23(2,21)22)9-13(14,15)16/h3,6,11H,4-5,7-9H2,1-2H3. The first-order valence-electron chi connectivity index (χ1n) is 7.14. The van der Waals surface area contributed by atoms with E-state index in [0.717, 1.165) is 11.9 Å². The molecule has 6 nitrogen and oxygen atoms in total. The van der Waals surface area contributed by atoms with Crippen molar-refractivity contribution < 1.29 is 21.6 Å². The van der Waals surface area contributed by atoms with Gasteiger partial charge in [-0.25, -0.2) is 18.4 Å². The molecule has 0 spiro atoms. The van der Waals surface area contributed by atoms with Gasteiger partial charge in [0, 0.05) is 31.0 Å². The van der Waals surface area contributed by atoms with Crippen molar-refractivity contribution >= 4 is 16.0 Å². The molecule has 0 saturated carbocycles. The predicted molar refractivity (Wildman–Crippen MR) is 79.6 cm³/mol. The molecule has 0 atom stereocenters. The van der Waals surface area contributed by atoms with Crippen LogP contribution in [0.1, 0.15) is 18.5 Å². The molecule has 1 aromatic heterocycles. The van der Waals surface area contributed by atoms with Gasteiger partial charge in [0.25, 0.3) is 0 Å². The molecule has 10 heteroatoms. The van der Waals surface area contributed by atoms with Crippen molar-refractivity contribution in [2.45, 2.75) is 32.0 Å². The summed E-state index contributed by atoms with van der Waals surface area (Å²) in [7, 11) is -3.92. The van der Waals surface area contributed by atoms with E-state index in [4.69, 9.17) is 0 Å². The number of hydrogen-bond acceptors (Lipinski definition) is 5. The van der Waals surface area contributed by atoms with Gasteiger partial charge in [-0.3, -0.25) is 0 Å². The minimum Gasteiger partial charge on any atom is -0.341 e. The van der Waals surface area contributed by atoms with Crippen LogP contribution >= 0.6 is 0 Å². The third-order valence-electron chi connectivity index (χ3n) is 3.70. The van der Waals surface area contributed by atoms with Gasteiger partial charge >= 0.3 is 6.18 Å². The van der Waals surface area contributed by atoms with Crippen LogP contribution in [-0.4, -0.2) is 60.8 Å². The second kappa shape index (κ2) is 6.60. The molecule has 23 heavy (non-hydrogen) atoms. The van der Waals surface area contributed by atoms with Gasteiger partial charge in [0.1, 0.15) is 6.54 Å². The third kappa shape index (κ3) is 5.03. The average molecular weight is 352 g/mol. The monoisotopic (exact) mass is 352 g/mol. The number of piperidine rings is 1. The smallest absolute Gasteiger partial charge is 0.341 e. The van der Waals surface area contributed by atoms with Gasteiger partial charge in [-0.05, 0) is 25.8 Å². The summed E-state index contributed by atoms with van der Waals surface area (Å²) in [6, 6.07) is 1.10. The second-order valence-electron chi connectivity index (χ2n) is 5.64. The van der Waals surface area contributed by atoms with Gasteiger partial charge in [0.2, 0.25) is 16.0 Å². The van der Waals surface area contributed by atoms with Gasteiger partial charge in [-0.2, -0.15) is 17.5 Å². The molecule has 0 aromatic carbocycles. The Kier molecular flexibility index (Phi) is 5.14. The Hall–Kier alpha value is -1.42. The lowest BCUT2D eigenvalue weighted by Crippen LogP contribution is -2.50. The van der Waals surface area contributed by atoms with Gasteiger partial charge in [0.05, 0.1) is 6.26 Å². The van der Waals surface area contributed by atoms with Crippen molar-refractivity contribution in [1.29, 1.82) is 0 Å². The summed E-state index contributed by atoms with van der Waals surface area (Å²) < 4.78 is 61.9. The summed E-state index contributed by atoms with van der Waals surface area (Å²) in [5.74, 6) is 0.519. The molecule has 130 valence electrons. The van der Waals surface area contributed by atoms with E-state index in [-0.39, 0.29) is 0 Å². The first-order valence-corrected chi connectivity index (χ1v) is 8.99. The largest absolute Gasteiger partial charge is 0.402 e. The van der Waals surface area contributed by atoms with Crippen LogP contribution < -0.4 is 4.90 Å². The molecule has 0 aliphatic carbocycles. The highest BCUT2D eigenvalue weighted by atomic mass is 32.2. The lowest BCUT2D eigenvalue weighted by Gasteiger charge is -2.37. The Morgan fingerprint density at radius 3 is 2.43 bits per heavy atom. The fourth-order valence-electron chi connectivity index (χ4n) is 2.64. The average Bonchev–Trinajstić information content (AvgIpc) is 2.43. The van der Waals surface area contributed by atoms with Gasteiger partial charge in [-0.1, -0.05) is 0 Å². The Balaban J connectivity index is 2.06.